The van der Waals surface area contributed by atoms with Gasteiger partial charge in [0.1, 0.15) is 16.6 Å². The first-order chi connectivity index (χ1) is 9.24. The second-order valence-electron chi connectivity index (χ2n) is 4.31. The van der Waals surface area contributed by atoms with Crippen LogP contribution in [0.2, 0.25) is 0 Å². The summed E-state index contributed by atoms with van der Waals surface area (Å²) < 4.78 is 5.49. The summed E-state index contributed by atoms with van der Waals surface area (Å²) in [6, 6.07) is 7.64. The Morgan fingerprint density at radius 1 is 1.32 bits per heavy atom. The predicted molar refractivity (Wildman–Crippen MR) is 76.1 cm³/mol. The zero-order valence-corrected chi connectivity index (χ0v) is 11.0. The molecule has 98 valence electrons. The number of hydrogen-bond donors (Lipinski definition) is 1. The number of ether oxygens (including phenoxy) is 1. The quantitative estimate of drug-likeness (QED) is 0.800. The number of hydrogen-bond acceptors (Lipinski definition) is 6. The van der Waals surface area contributed by atoms with Gasteiger partial charge in [-0.25, -0.2) is 4.98 Å². The van der Waals surface area contributed by atoms with Crippen molar-refractivity contribution < 1.29 is 4.74 Å². The summed E-state index contributed by atoms with van der Waals surface area (Å²) in [5, 5.41) is 8.32. The number of anilines is 1. The molecule has 6 nitrogen and oxygen atoms in total. The molecule has 1 aliphatic rings. The van der Waals surface area contributed by atoms with Gasteiger partial charge in [0.05, 0.1) is 18.7 Å². The van der Waals surface area contributed by atoms with Gasteiger partial charge >= 0.3 is 0 Å². The molecule has 0 amide bonds. The number of fused-ring (bicyclic) bond motifs is 1. The lowest BCUT2D eigenvalue weighted by Gasteiger charge is -2.32. The zero-order valence-electron chi connectivity index (χ0n) is 10.2. The monoisotopic (exact) mass is 275 g/mol. The summed E-state index contributed by atoms with van der Waals surface area (Å²) in [5.74, 6) is 0.586. The summed E-state index contributed by atoms with van der Waals surface area (Å²) in [5.41, 5.74) is 7.23. The van der Waals surface area contributed by atoms with Gasteiger partial charge in [-0.2, -0.15) is 0 Å². The maximum atomic E-state index is 5.62. The number of rotatable bonds is 2. The normalized spacial score (nSPS) is 19.6. The molecule has 3 rings (SSSR count). The fourth-order valence-corrected chi connectivity index (χ4v) is 2.15. The van der Waals surface area contributed by atoms with Gasteiger partial charge in [-0.15, -0.1) is 10.2 Å². The van der Waals surface area contributed by atoms with Gasteiger partial charge in [0.2, 0.25) is 5.95 Å². The molecule has 0 aliphatic carbocycles. The molecule has 1 unspecified atom stereocenters. The summed E-state index contributed by atoms with van der Waals surface area (Å²) in [6.07, 6.45) is -0.251. The first kappa shape index (κ1) is 12.2. The minimum atomic E-state index is -0.251. The van der Waals surface area contributed by atoms with Crippen LogP contribution in [-0.4, -0.2) is 46.0 Å². The van der Waals surface area contributed by atoms with Crippen molar-refractivity contribution in [3.8, 4) is 0 Å². The molecule has 0 radical (unpaired) electrons. The van der Waals surface area contributed by atoms with Crippen LogP contribution >= 0.6 is 12.2 Å². The summed E-state index contributed by atoms with van der Waals surface area (Å²) >= 11 is 4.97. The van der Waals surface area contributed by atoms with Crippen LogP contribution in [0, 0.1) is 0 Å². The van der Waals surface area contributed by atoms with E-state index in [2.05, 4.69) is 15.2 Å². The Morgan fingerprint density at radius 3 is 2.89 bits per heavy atom. The first-order valence-electron chi connectivity index (χ1n) is 5.99. The highest BCUT2D eigenvalue weighted by Gasteiger charge is 2.24. The molecule has 1 saturated heterocycles. The number of thiocarbonyl (C=S) groups is 1. The molecule has 1 fully saturated rings. The van der Waals surface area contributed by atoms with E-state index in [4.69, 9.17) is 22.7 Å². The Balaban J connectivity index is 1.89. The molecule has 1 aromatic carbocycles. The maximum Gasteiger partial charge on any atom is 0.246 e. The molecule has 0 bridgehead atoms. The SMILES string of the molecule is NC(=S)C1CN(c2nnc3ccccc3n2)CCO1. The predicted octanol–water partition coefficient (Wildman–Crippen LogP) is 0.516. The molecule has 0 spiro atoms. The first-order valence-corrected chi connectivity index (χ1v) is 6.40. The highest BCUT2D eigenvalue weighted by molar-refractivity contribution is 7.80. The van der Waals surface area contributed by atoms with Crippen molar-refractivity contribution in [3.05, 3.63) is 24.3 Å². The molecule has 1 aliphatic heterocycles. The summed E-state index contributed by atoms with van der Waals surface area (Å²) in [4.78, 5) is 6.86. The second-order valence-corrected chi connectivity index (χ2v) is 4.78. The van der Waals surface area contributed by atoms with Crippen LogP contribution in [0.4, 0.5) is 5.95 Å². The van der Waals surface area contributed by atoms with Gasteiger partial charge < -0.3 is 15.4 Å². The van der Waals surface area contributed by atoms with E-state index in [1.54, 1.807) is 0 Å². The lowest BCUT2D eigenvalue weighted by molar-refractivity contribution is 0.0840. The number of nitrogens with two attached hydrogens (primary N) is 1. The topological polar surface area (TPSA) is 77.2 Å². The molecule has 2 N–H and O–H groups in total. The van der Waals surface area contributed by atoms with Gasteiger partial charge in [0.15, 0.2) is 0 Å². The van der Waals surface area contributed by atoms with Gasteiger partial charge in [0, 0.05) is 6.54 Å². The zero-order chi connectivity index (χ0) is 13.2. The minimum absolute atomic E-state index is 0.251. The van der Waals surface area contributed by atoms with Crippen LogP contribution in [0.15, 0.2) is 24.3 Å². The third-order valence-electron chi connectivity index (χ3n) is 3.02. The Bertz CT molecular complexity index is 620. The Kier molecular flexibility index (Phi) is 3.22. The van der Waals surface area contributed by atoms with E-state index in [-0.39, 0.29) is 6.10 Å². The lowest BCUT2D eigenvalue weighted by atomic mass is 10.3. The van der Waals surface area contributed by atoms with Crippen molar-refractivity contribution in [2.75, 3.05) is 24.6 Å². The number of benzene rings is 1. The van der Waals surface area contributed by atoms with E-state index in [1.165, 1.54) is 0 Å². The van der Waals surface area contributed by atoms with E-state index in [0.29, 0.717) is 30.6 Å². The van der Waals surface area contributed by atoms with E-state index in [1.807, 2.05) is 29.2 Å². The maximum absolute atomic E-state index is 5.62. The van der Waals surface area contributed by atoms with Crippen molar-refractivity contribution in [1.29, 1.82) is 0 Å². The van der Waals surface area contributed by atoms with Crippen molar-refractivity contribution in [3.63, 3.8) is 0 Å². The van der Waals surface area contributed by atoms with Crippen molar-refractivity contribution in [2.45, 2.75) is 6.10 Å². The molecule has 2 aromatic rings. The standard InChI is InChI=1S/C12H13N5OS/c13-11(19)10-7-17(5-6-18-10)12-14-8-3-1-2-4-9(8)15-16-12/h1-4,10H,5-7H2,(H2,13,19). The molecular weight excluding hydrogens is 262 g/mol. The molecule has 1 atom stereocenters. The highest BCUT2D eigenvalue weighted by Crippen LogP contribution is 2.15. The minimum Gasteiger partial charge on any atom is -0.391 e. The third kappa shape index (κ3) is 2.47. The number of aromatic nitrogens is 3. The second kappa shape index (κ2) is 5.02. The molecule has 0 saturated carbocycles. The van der Waals surface area contributed by atoms with Gasteiger partial charge in [0.25, 0.3) is 0 Å². The van der Waals surface area contributed by atoms with E-state index in [0.717, 1.165) is 11.0 Å². The van der Waals surface area contributed by atoms with Crippen molar-refractivity contribution in [2.24, 2.45) is 5.73 Å². The Morgan fingerprint density at radius 2 is 2.11 bits per heavy atom. The Hall–Kier alpha value is -1.86. The largest absolute Gasteiger partial charge is 0.391 e. The fourth-order valence-electron chi connectivity index (χ4n) is 2.01. The van der Waals surface area contributed by atoms with Crippen molar-refractivity contribution in [1.82, 2.24) is 15.2 Å². The van der Waals surface area contributed by atoms with Crippen LogP contribution in [0.3, 0.4) is 0 Å². The third-order valence-corrected chi connectivity index (χ3v) is 3.28. The van der Waals surface area contributed by atoms with E-state index >= 15 is 0 Å². The number of nitrogens with zero attached hydrogens (tertiary/aromatic N) is 4. The average Bonchev–Trinajstić information content (AvgIpc) is 2.47. The van der Waals surface area contributed by atoms with Crippen LogP contribution in [0.5, 0.6) is 0 Å². The smallest absolute Gasteiger partial charge is 0.246 e. The molecular formula is C12H13N5OS. The molecule has 2 heterocycles. The van der Waals surface area contributed by atoms with E-state index in [9.17, 15) is 0 Å². The van der Waals surface area contributed by atoms with Gasteiger partial charge in [-0.3, -0.25) is 0 Å². The number of para-hydroxylation sites is 1. The number of morpholine rings is 1. The van der Waals surface area contributed by atoms with Crippen LogP contribution < -0.4 is 10.6 Å². The van der Waals surface area contributed by atoms with Crippen LogP contribution in [0.25, 0.3) is 11.0 Å². The summed E-state index contributed by atoms with van der Waals surface area (Å²) in [7, 11) is 0. The summed E-state index contributed by atoms with van der Waals surface area (Å²) in [6.45, 7) is 1.83. The van der Waals surface area contributed by atoms with Gasteiger partial charge in [-0.05, 0) is 12.1 Å². The molecule has 1 aromatic heterocycles. The van der Waals surface area contributed by atoms with Crippen molar-refractivity contribution >= 4 is 34.2 Å². The van der Waals surface area contributed by atoms with Crippen LogP contribution in [0.1, 0.15) is 0 Å². The fraction of sp³-hybridized carbons (Fsp3) is 0.333. The van der Waals surface area contributed by atoms with Crippen LogP contribution in [-0.2, 0) is 4.74 Å². The highest BCUT2D eigenvalue weighted by atomic mass is 32.1. The lowest BCUT2D eigenvalue weighted by Crippen LogP contribution is -2.48. The average molecular weight is 275 g/mol. The molecule has 19 heavy (non-hydrogen) atoms. The Labute approximate surface area is 115 Å². The molecule has 7 heteroatoms. The van der Waals surface area contributed by atoms with E-state index < -0.39 is 0 Å². The van der Waals surface area contributed by atoms with Gasteiger partial charge in [-0.1, -0.05) is 24.4 Å².